The molecule has 18 unspecified atom stereocenters. The van der Waals surface area contributed by atoms with Crippen molar-refractivity contribution in [2.75, 3.05) is 32.1 Å². The van der Waals surface area contributed by atoms with Gasteiger partial charge in [0.15, 0.2) is 16.9 Å². The Bertz CT molecular complexity index is 2260. The molecule has 0 radical (unpaired) electrons. The van der Waals surface area contributed by atoms with Crippen LogP contribution in [0.3, 0.4) is 0 Å². The second-order valence-electron chi connectivity index (χ2n) is 23.0. The molecule has 2 aromatic rings. The van der Waals surface area contributed by atoms with Gasteiger partial charge in [-0.25, -0.2) is 0 Å². The Hall–Kier alpha value is -2.09. The number of ether oxygens (including phenoxy) is 4. The lowest BCUT2D eigenvalue weighted by Gasteiger charge is -2.67. The zero-order valence-corrected chi connectivity index (χ0v) is 41.9. The van der Waals surface area contributed by atoms with Crippen molar-refractivity contribution in [2.45, 2.75) is 181 Å². The molecule has 9 aliphatic rings. The summed E-state index contributed by atoms with van der Waals surface area (Å²) in [5, 5.41) is 93.2. The Labute approximate surface area is 413 Å². The van der Waals surface area contributed by atoms with Crippen LogP contribution in [0.1, 0.15) is 122 Å². The molecule has 2 saturated heterocycles. The minimum atomic E-state index is -2.48. The first-order chi connectivity index (χ1) is 33.2. The number of carbonyl (C=O) groups excluding carboxylic acids is 1. The Kier molecular flexibility index (Phi) is 13.1. The number of rotatable bonds is 5. The second kappa shape index (κ2) is 18.4. The molecule has 5 saturated carbocycles. The molecule has 69 heavy (non-hydrogen) atoms. The van der Waals surface area contributed by atoms with Crippen molar-refractivity contribution in [1.29, 1.82) is 0 Å². The van der Waals surface area contributed by atoms with Gasteiger partial charge in [0.1, 0.15) is 23.9 Å². The zero-order valence-electron chi connectivity index (χ0n) is 40.3. The molecule has 4 heterocycles. The van der Waals surface area contributed by atoms with E-state index in [9.17, 15) is 40.5 Å². The maximum atomic E-state index is 13.6. The monoisotopic (exact) mass is 997 g/mol. The first-order valence-corrected chi connectivity index (χ1v) is 28.7. The van der Waals surface area contributed by atoms with E-state index in [1.165, 1.54) is 12.8 Å². The van der Waals surface area contributed by atoms with E-state index in [0.717, 1.165) is 64.2 Å². The van der Waals surface area contributed by atoms with E-state index in [0.29, 0.717) is 41.3 Å². The van der Waals surface area contributed by atoms with Gasteiger partial charge in [0.2, 0.25) is 12.0 Å². The first-order valence-electron chi connectivity index (χ1n) is 26.4. The van der Waals surface area contributed by atoms with E-state index in [1.54, 1.807) is 42.2 Å². The Morgan fingerprint density at radius 3 is 2.58 bits per heavy atom. The third-order valence-corrected chi connectivity index (χ3v) is 23.5. The normalized spacial score (nSPS) is 47.3. The number of benzene rings is 1. The summed E-state index contributed by atoms with van der Waals surface area (Å²) < 4.78 is 32.4. The number of nitrogens with one attached hydrogen (secondary N) is 1. The number of carbonyl (C=O) groups is 1. The number of aryl methyl sites for hydroxylation is 1. The SMILES string of the molecule is CCOC(=O)CCc1cc2ccoc2c2c1OC1OC3(CSSC4(CCC56CCC7(CCCC7CCC54)C6O)C(CCC(C)CCCC3O)NCCO2)C2(O)CC3C=CC(O)C(CO)C3C1(O)C2O. The Morgan fingerprint density at radius 1 is 0.928 bits per heavy atom. The quantitative estimate of drug-likeness (QED) is 0.0984. The molecule has 8 N–H and O–H groups in total. The maximum absolute atomic E-state index is 13.6. The zero-order chi connectivity index (χ0) is 48.1. The summed E-state index contributed by atoms with van der Waals surface area (Å²) in [5.41, 5.74) is -6.03. The van der Waals surface area contributed by atoms with Crippen LogP contribution >= 0.6 is 21.6 Å². The summed E-state index contributed by atoms with van der Waals surface area (Å²) in [5.74, 6) is -1.82. The summed E-state index contributed by atoms with van der Waals surface area (Å²) in [6, 6.07) is 3.65. The van der Waals surface area contributed by atoms with Crippen LogP contribution in [0.15, 0.2) is 35.0 Å². The van der Waals surface area contributed by atoms with Crippen molar-refractivity contribution in [1.82, 2.24) is 5.32 Å². The Morgan fingerprint density at radius 2 is 1.75 bits per heavy atom. The minimum Gasteiger partial charge on any atom is -0.485 e. The number of esters is 1. The molecule has 382 valence electrons. The van der Waals surface area contributed by atoms with Crippen LogP contribution in [0.2, 0.25) is 0 Å². The van der Waals surface area contributed by atoms with Gasteiger partial charge in [0, 0.05) is 58.8 Å². The van der Waals surface area contributed by atoms with Crippen molar-refractivity contribution in [3.05, 3.63) is 36.1 Å². The number of allylic oxidation sites excluding steroid dienone is 1. The molecule has 11 rings (SSSR count). The average molecular weight is 998 g/mol. The number of hydrogen-bond donors (Lipinski definition) is 8. The van der Waals surface area contributed by atoms with E-state index in [2.05, 4.69) is 12.2 Å². The van der Waals surface area contributed by atoms with Crippen LogP contribution in [-0.4, -0.2) is 132 Å². The molecule has 1 aromatic heterocycles. The number of aliphatic hydroxyl groups excluding tert-OH is 5. The van der Waals surface area contributed by atoms with Crippen molar-refractivity contribution < 1.29 is 63.9 Å². The van der Waals surface area contributed by atoms with Crippen LogP contribution in [0.25, 0.3) is 11.0 Å². The topological polar surface area (TPSA) is 221 Å². The first kappa shape index (κ1) is 49.1. The van der Waals surface area contributed by atoms with Gasteiger partial charge in [0.25, 0.3) is 0 Å². The Balaban J connectivity index is 1.10. The lowest BCUT2D eigenvalue weighted by Crippen LogP contribution is -2.86. The van der Waals surface area contributed by atoms with Crippen LogP contribution < -0.4 is 14.8 Å². The number of hydrogen-bond acceptors (Lipinski definition) is 16. The summed E-state index contributed by atoms with van der Waals surface area (Å²) in [4.78, 5) is 13.0. The average Bonchev–Trinajstić information content (AvgIpc) is 4.09. The van der Waals surface area contributed by atoms with Gasteiger partial charge in [-0.05, 0) is 137 Å². The van der Waals surface area contributed by atoms with Gasteiger partial charge >= 0.3 is 5.97 Å². The fraction of sp³-hybridized carbons (Fsp3) is 0.792. The largest absolute Gasteiger partial charge is 0.485 e. The molecule has 0 amide bonds. The van der Waals surface area contributed by atoms with Crippen LogP contribution in [0.4, 0.5) is 0 Å². The highest BCUT2D eigenvalue weighted by molar-refractivity contribution is 8.77. The van der Waals surface area contributed by atoms with Crippen molar-refractivity contribution in [3.63, 3.8) is 0 Å². The van der Waals surface area contributed by atoms with E-state index >= 15 is 0 Å². The smallest absolute Gasteiger partial charge is 0.306 e. The van der Waals surface area contributed by atoms with E-state index in [4.69, 9.17) is 23.4 Å². The fourth-order valence-corrected chi connectivity index (χ4v) is 21.0. The predicted octanol–water partition coefficient (Wildman–Crippen LogP) is 5.96. The van der Waals surface area contributed by atoms with E-state index in [1.807, 2.05) is 16.9 Å². The summed E-state index contributed by atoms with van der Waals surface area (Å²) in [7, 11) is 3.36. The maximum Gasteiger partial charge on any atom is 0.306 e. The predicted molar refractivity (Wildman–Crippen MR) is 260 cm³/mol. The van der Waals surface area contributed by atoms with Crippen molar-refractivity contribution >= 4 is 38.5 Å². The molecule has 1 aromatic carbocycles. The van der Waals surface area contributed by atoms with Gasteiger partial charge < -0.3 is 64.4 Å². The third kappa shape index (κ3) is 7.31. The minimum absolute atomic E-state index is 0.0117. The number of furan rings is 1. The highest BCUT2D eigenvalue weighted by Gasteiger charge is 2.79. The van der Waals surface area contributed by atoms with Crippen molar-refractivity contribution in [2.24, 2.45) is 46.3 Å². The summed E-state index contributed by atoms with van der Waals surface area (Å²) >= 11 is 0. The highest BCUT2D eigenvalue weighted by Crippen LogP contribution is 2.75. The molecule has 3 aliphatic heterocycles. The van der Waals surface area contributed by atoms with Gasteiger partial charge in [0.05, 0.1) is 31.2 Å². The van der Waals surface area contributed by atoms with Crippen molar-refractivity contribution in [3.8, 4) is 11.5 Å². The molecule has 18 atom stereocenters. The van der Waals surface area contributed by atoms with Gasteiger partial charge in [-0.3, -0.25) is 4.79 Å². The van der Waals surface area contributed by atoms with Gasteiger partial charge in [-0.1, -0.05) is 59.9 Å². The molecule has 16 heteroatoms. The lowest BCUT2D eigenvalue weighted by atomic mass is 9.50. The summed E-state index contributed by atoms with van der Waals surface area (Å²) in [6.07, 6.45) is 11.1. The number of fused-ring (bicyclic) bond motifs is 11. The number of aliphatic hydroxyl groups is 7. The molecule has 6 aliphatic carbocycles. The molecule has 7 bridgehead atoms. The van der Waals surface area contributed by atoms with Crippen LogP contribution in [0, 0.1) is 46.3 Å². The molecular formula is C53H75NO13S2. The van der Waals surface area contributed by atoms with Crippen LogP contribution in [-0.2, 0) is 20.7 Å². The second-order valence-corrected chi connectivity index (χ2v) is 25.7. The highest BCUT2D eigenvalue weighted by atomic mass is 33.1. The molecular weight excluding hydrogens is 923 g/mol. The molecule has 4 spiro atoms. The molecule has 14 nitrogen and oxygen atoms in total. The fourth-order valence-electron chi connectivity index (χ4n) is 16.7. The van der Waals surface area contributed by atoms with Crippen LogP contribution in [0.5, 0.6) is 11.5 Å². The third-order valence-electron chi connectivity index (χ3n) is 20.1. The summed E-state index contributed by atoms with van der Waals surface area (Å²) in [6.45, 7) is 4.33. The van der Waals surface area contributed by atoms with E-state index < -0.39 is 71.7 Å². The lowest BCUT2D eigenvalue weighted by molar-refractivity contribution is -0.424. The van der Waals surface area contributed by atoms with Gasteiger partial charge in [-0.2, -0.15) is 0 Å². The van der Waals surface area contributed by atoms with E-state index in [-0.39, 0.29) is 89.8 Å². The van der Waals surface area contributed by atoms with Gasteiger partial charge in [-0.15, -0.1) is 0 Å². The molecule has 7 fully saturated rings. The standard InChI is InChI=1S/C53H75NO13S2/c1-3-63-40(58)16-11-31-26-32-17-24-64-42(32)44-43(31)66-47-53(62)41-33(10-13-36(56)35(41)28-55)27-51(61,46(53)60)52(67-47)29-68-69-50(38(54-23-25-65-44)15-9-30(2)6-4-8-39(52)57)22-21-49-20-19-48(45(49)59)18-5-7-34(48)12-14-37(49)50/h10,13,17,24,26,30,33-39,41,45-47,54-57,59-62H,3-9,11-12,14-16,18-23,25,27-29H2,1-2H3.